The van der Waals surface area contributed by atoms with E-state index >= 15 is 0 Å². The fraction of sp³-hybridized carbons (Fsp3) is 0.838. The van der Waals surface area contributed by atoms with Crippen molar-refractivity contribution < 1.29 is 37.6 Å². The molecule has 47 heavy (non-hydrogen) atoms. The average Bonchev–Trinajstić information content (AvgIpc) is 3.05. The molecule has 3 N–H and O–H groups in total. The second-order valence-electron chi connectivity index (χ2n) is 12.4. The molecule has 0 amide bonds. The van der Waals surface area contributed by atoms with Crippen LogP contribution in [0.5, 0.6) is 0 Å². The van der Waals surface area contributed by atoms with Gasteiger partial charge in [-0.05, 0) is 44.9 Å². The Labute approximate surface area is 287 Å². The summed E-state index contributed by atoms with van der Waals surface area (Å²) in [6.07, 6.45) is 34.0. The van der Waals surface area contributed by atoms with Crippen molar-refractivity contribution in [2.75, 3.05) is 26.4 Å². The zero-order chi connectivity index (χ0) is 34.7. The summed E-state index contributed by atoms with van der Waals surface area (Å²) in [5.74, 6) is -0.847. The van der Waals surface area contributed by atoms with Crippen LogP contribution in [0, 0.1) is 0 Å². The molecule has 0 radical (unpaired) electrons. The molecular formula is C37H70NO8P. The fourth-order valence-corrected chi connectivity index (χ4v) is 5.78. The summed E-state index contributed by atoms with van der Waals surface area (Å²) in [5.41, 5.74) is 5.31. The monoisotopic (exact) mass is 687 g/mol. The highest BCUT2D eigenvalue weighted by Gasteiger charge is 2.25. The minimum atomic E-state index is -4.36. The van der Waals surface area contributed by atoms with Crippen molar-refractivity contribution in [3.8, 4) is 0 Å². The normalized spacial score (nSPS) is 13.7. The second-order valence-corrected chi connectivity index (χ2v) is 13.9. The van der Waals surface area contributed by atoms with Crippen LogP contribution in [0.25, 0.3) is 0 Å². The Balaban J connectivity index is 4.03. The third-order valence-corrected chi connectivity index (χ3v) is 8.82. The molecule has 0 saturated heterocycles. The SMILES string of the molecule is CCCCCCC/C=C\C/C=C\CCCCCCCCCCCC(=O)OC(COC(=O)CCCCCCC)COP(=O)(O)OCCN. The number of hydrogen-bond acceptors (Lipinski definition) is 8. The number of allylic oxidation sites excluding steroid dienone is 4. The maximum atomic E-state index is 12.5. The van der Waals surface area contributed by atoms with Crippen LogP contribution >= 0.6 is 7.82 Å². The summed E-state index contributed by atoms with van der Waals surface area (Å²) >= 11 is 0. The Morgan fingerprint density at radius 3 is 1.62 bits per heavy atom. The van der Waals surface area contributed by atoms with Crippen LogP contribution in [-0.4, -0.2) is 49.3 Å². The van der Waals surface area contributed by atoms with E-state index in [1.54, 1.807) is 0 Å². The predicted octanol–water partition coefficient (Wildman–Crippen LogP) is 10.0. The van der Waals surface area contributed by atoms with Gasteiger partial charge < -0.3 is 20.1 Å². The van der Waals surface area contributed by atoms with E-state index in [1.807, 2.05) is 0 Å². The summed E-state index contributed by atoms with van der Waals surface area (Å²) in [4.78, 5) is 34.4. The quantitative estimate of drug-likeness (QED) is 0.0289. The van der Waals surface area contributed by atoms with E-state index < -0.39 is 32.5 Å². The van der Waals surface area contributed by atoms with Gasteiger partial charge in [-0.3, -0.25) is 18.6 Å². The summed E-state index contributed by atoms with van der Waals surface area (Å²) in [5, 5.41) is 0. The van der Waals surface area contributed by atoms with Crippen molar-refractivity contribution >= 4 is 19.8 Å². The number of phosphoric ester groups is 1. The van der Waals surface area contributed by atoms with E-state index in [2.05, 4.69) is 38.2 Å². The summed E-state index contributed by atoms with van der Waals surface area (Å²) in [6.45, 7) is 3.61. The minimum absolute atomic E-state index is 0.0534. The van der Waals surface area contributed by atoms with Crippen LogP contribution in [0.4, 0.5) is 0 Å². The molecule has 0 aromatic rings. The molecule has 0 bridgehead atoms. The lowest BCUT2D eigenvalue weighted by molar-refractivity contribution is -0.161. The number of hydrogen-bond donors (Lipinski definition) is 2. The molecule has 0 aromatic carbocycles. The maximum absolute atomic E-state index is 12.5. The maximum Gasteiger partial charge on any atom is 0.472 e. The lowest BCUT2D eigenvalue weighted by Crippen LogP contribution is -2.29. The topological polar surface area (TPSA) is 134 Å². The Bertz CT molecular complexity index is 835. The molecule has 0 rings (SSSR count). The Morgan fingerprint density at radius 1 is 0.638 bits per heavy atom. The van der Waals surface area contributed by atoms with E-state index in [1.165, 1.54) is 70.6 Å². The Kier molecular flexibility index (Phi) is 33.3. The lowest BCUT2D eigenvalue weighted by Gasteiger charge is -2.19. The molecule has 0 aliphatic heterocycles. The second kappa shape index (κ2) is 34.4. The van der Waals surface area contributed by atoms with Gasteiger partial charge in [-0.15, -0.1) is 0 Å². The number of phosphoric acid groups is 1. The molecule has 0 saturated carbocycles. The van der Waals surface area contributed by atoms with Crippen molar-refractivity contribution in [3.05, 3.63) is 24.3 Å². The molecule has 276 valence electrons. The molecule has 9 nitrogen and oxygen atoms in total. The van der Waals surface area contributed by atoms with Gasteiger partial charge in [0.15, 0.2) is 6.10 Å². The average molecular weight is 688 g/mol. The van der Waals surface area contributed by atoms with Gasteiger partial charge in [-0.25, -0.2) is 4.57 Å². The van der Waals surface area contributed by atoms with Gasteiger partial charge in [0.05, 0.1) is 13.2 Å². The zero-order valence-electron chi connectivity index (χ0n) is 30.0. The van der Waals surface area contributed by atoms with Gasteiger partial charge in [-0.2, -0.15) is 0 Å². The van der Waals surface area contributed by atoms with Gasteiger partial charge in [-0.1, -0.05) is 134 Å². The van der Waals surface area contributed by atoms with Gasteiger partial charge >= 0.3 is 19.8 Å². The Hall–Kier alpha value is -1.51. The molecule has 0 spiro atoms. The largest absolute Gasteiger partial charge is 0.472 e. The van der Waals surface area contributed by atoms with E-state index in [0.717, 1.165) is 64.2 Å². The zero-order valence-corrected chi connectivity index (χ0v) is 30.9. The molecule has 2 unspecified atom stereocenters. The molecule has 2 atom stereocenters. The molecular weight excluding hydrogens is 617 g/mol. The van der Waals surface area contributed by atoms with Gasteiger partial charge in [0.2, 0.25) is 0 Å². The first-order valence-electron chi connectivity index (χ1n) is 18.8. The molecule has 0 aliphatic rings. The highest BCUT2D eigenvalue weighted by molar-refractivity contribution is 7.47. The van der Waals surface area contributed by atoms with Crippen LogP contribution in [-0.2, 0) is 32.7 Å². The number of ether oxygens (including phenoxy) is 2. The number of carbonyl (C=O) groups excluding carboxylic acids is 2. The number of nitrogens with two attached hydrogens (primary N) is 1. The third-order valence-electron chi connectivity index (χ3n) is 7.84. The van der Waals surface area contributed by atoms with E-state index in [0.29, 0.717) is 6.42 Å². The first-order valence-corrected chi connectivity index (χ1v) is 20.3. The summed E-state index contributed by atoms with van der Waals surface area (Å²) in [7, 11) is -4.36. The van der Waals surface area contributed by atoms with Crippen LogP contribution in [0.3, 0.4) is 0 Å². The van der Waals surface area contributed by atoms with E-state index in [9.17, 15) is 19.0 Å². The summed E-state index contributed by atoms with van der Waals surface area (Å²) < 4.78 is 32.4. The van der Waals surface area contributed by atoms with Crippen LogP contribution in [0.2, 0.25) is 0 Å². The van der Waals surface area contributed by atoms with Crippen molar-refractivity contribution in [1.82, 2.24) is 0 Å². The number of rotatable bonds is 35. The molecule has 10 heteroatoms. The minimum Gasteiger partial charge on any atom is -0.462 e. The van der Waals surface area contributed by atoms with Crippen LogP contribution < -0.4 is 5.73 Å². The van der Waals surface area contributed by atoms with Crippen LogP contribution in [0.15, 0.2) is 24.3 Å². The third kappa shape index (κ3) is 34.2. The van der Waals surface area contributed by atoms with Gasteiger partial charge in [0.25, 0.3) is 0 Å². The van der Waals surface area contributed by atoms with Gasteiger partial charge in [0.1, 0.15) is 6.61 Å². The molecule has 0 aromatic heterocycles. The van der Waals surface area contributed by atoms with Gasteiger partial charge in [0, 0.05) is 19.4 Å². The summed E-state index contributed by atoms with van der Waals surface area (Å²) in [6, 6.07) is 0. The first-order chi connectivity index (χ1) is 22.8. The smallest absolute Gasteiger partial charge is 0.462 e. The number of esters is 2. The highest BCUT2D eigenvalue weighted by Crippen LogP contribution is 2.43. The van der Waals surface area contributed by atoms with E-state index in [4.69, 9.17) is 24.3 Å². The number of carbonyl (C=O) groups is 2. The highest BCUT2D eigenvalue weighted by atomic mass is 31.2. The van der Waals surface area contributed by atoms with Crippen molar-refractivity contribution in [2.24, 2.45) is 5.73 Å². The Morgan fingerprint density at radius 2 is 1.11 bits per heavy atom. The van der Waals surface area contributed by atoms with Crippen molar-refractivity contribution in [1.29, 1.82) is 0 Å². The first kappa shape index (κ1) is 45.5. The predicted molar refractivity (Wildman–Crippen MR) is 192 cm³/mol. The molecule has 0 aliphatic carbocycles. The number of unbranched alkanes of at least 4 members (excludes halogenated alkanes) is 18. The van der Waals surface area contributed by atoms with Crippen molar-refractivity contribution in [3.63, 3.8) is 0 Å². The van der Waals surface area contributed by atoms with Crippen LogP contribution in [0.1, 0.15) is 168 Å². The molecule has 0 fully saturated rings. The standard InChI is InChI=1S/C37H70NO8P/c1-3-5-7-9-10-11-12-13-14-15-16-17-18-19-20-21-22-23-24-26-28-30-37(40)46-35(34-45-47(41,42)44-32-31-38)33-43-36(39)29-27-25-8-6-4-2/h12-13,15-16,35H,3-11,14,17-34,38H2,1-2H3,(H,41,42)/b13-12-,16-15-. The lowest BCUT2D eigenvalue weighted by atomic mass is 10.1. The van der Waals surface area contributed by atoms with Crippen molar-refractivity contribution in [2.45, 2.75) is 174 Å². The molecule has 0 heterocycles. The fourth-order valence-electron chi connectivity index (χ4n) is 5.02. The van der Waals surface area contributed by atoms with E-state index in [-0.39, 0.29) is 32.6 Å².